The third kappa shape index (κ3) is 5.16. The molecule has 45 heavy (non-hydrogen) atoms. The molecule has 0 saturated heterocycles. The van der Waals surface area contributed by atoms with Crippen LogP contribution >= 0.6 is 11.6 Å². The molecule has 1 aromatic heterocycles. The van der Waals surface area contributed by atoms with E-state index < -0.39 is 21.8 Å². The number of hydrogen-bond acceptors (Lipinski definition) is 3. The van der Waals surface area contributed by atoms with E-state index in [-0.39, 0.29) is 32.4 Å². The van der Waals surface area contributed by atoms with Gasteiger partial charge in [0.25, 0.3) is 10.0 Å². The summed E-state index contributed by atoms with van der Waals surface area (Å²) in [5.74, 6) is -1.68. The van der Waals surface area contributed by atoms with E-state index in [2.05, 4.69) is 4.85 Å². The molecule has 6 nitrogen and oxygen atoms in total. The molecule has 0 aliphatic rings. The van der Waals surface area contributed by atoms with Crippen LogP contribution in [0.5, 0.6) is 0 Å². The number of hydrogen-bond donors (Lipinski definition) is 1. The third-order valence-corrected chi connectivity index (χ3v) is 9.77. The molecule has 222 valence electrons. The number of aryl methyl sites for hydroxylation is 2. The summed E-state index contributed by atoms with van der Waals surface area (Å²) < 4.78 is 45.3. The maximum Gasteiger partial charge on any atom is 0.335 e. The summed E-state index contributed by atoms with van der Waals surface area (Å²) in [7, 11) is -4.27. The average Bonchev–Trinajstić information content (AvgIpc) is 3.35. The fourth-order valence-corrected chi connectivity index (χ4v) is 7.44. The Morgan fingerprint density at radius 2 is 1.58 bits per heavy atom. The van der Waals surface area contributed by atoms with Crippen LogP contribution in [0.15, 0.2) is 108 Å². The highest BCUT2D eigenvalue weighted by Crippen LogP contribution is 2.48. The Labute approximate surface area is 264 Å². The number of carboxylic acid groups (broad SMARTS) is 1. The summed E-state index contributed by atoms with van der Waals surface area (Å²) >= 11 is 6.53. The van der Waals surface area contributed by atoms with Gasteiger partial charge in [-0.15, -0.1) is 0 Å². The lowest BCUT2D eigenvalue weighted by atomic mass is 9.92. The van der Waals surface area contributed by atoms with Crippen molar-refractivity contribution in [1.29, 1.82) is 0 Å². The Hall–Kier alpha value is -5.23. The predicted octanol–water partition coefficient (Wildman–Crippen LogP) is 9.54. The molecule has 0 amide bonds. The van der Waals surface area contributed by atoms with E-state index in [1.165, 1.54) is 46.4 Å². The Kier molecular flexibility index (Phi) is 7.53. The van der Waals surface area contributed by atoms with Crippen molar-refractivity contribution < 1.29 is 22.7 Å². The summed E-state index contributed by atoms with van der Waals surface area (Å²) in [5.41, 5.74) is 4.90. The van der Waals surface area contributed by atoms with Gasteiger partial charge in [-0.25, -0.2) is 26.4 Å². The Bertz CT molecular complexity index is 2320. The van der Waals surface area contributed by atoms with E-state index in [1.807, 2.05) is 19.9 Å². The van der Waals surface area contributed by atoms with Gasteiger partial charge in [0, 0.05) is 27.1 Å². The minimum atomic E-state index is -4.27. The highest BCUT2D eigenvalue weighted by Gasteiger charge is 2.30. The standard InChI is InChI=1S/C36H24ClFN2O4S/c1-21-10-14-27(15-11-21)45(43,44)40-32-17-13-26(38)20-29(32)34(33-22(2)6-4-9-31(33)39-3)35(40)24-8-5-7-23(18-24)28-16-12-25(36(41)42)19-30(28)37/h4-20H,1-2H3,(H,41,42). The van der Waals surface area contributed by atoms with Crippen molar-refractivity contribution in [3.05, 3.63) is 142 Å². The second-order valence-electron chi connectivity index (χ2n) is 10.6. The monoisotopic (exact) mass is 634 g/mol. The van der Waals surface area contributed by atoms with Gasteiger partial charge in [0.2, 0.25) is 0 Å². The number of aromatic carboxylic acids is 1. The van der Waals surface area contributed by atoms with Crippen LogP contribution in [0, 0.1) is 26.2 Å². The van der Waals surface area contributed by atoms with Gasteiger partial charge in [-0.05, 0) is 73.5 Å². The van der Waals surface area contributed by atoms with Crippen molar-refractivity contribution in [3.63, 3.8) is 0 Å². The second kappa shape index (κ2) is 11.4. The summed E-state index contributed by atoms with van der Waals surface area (Å²) in [6, 6.07) is 27.1. The predicted molar refractivity (Wildman–Crippen MR) is 175 cm³/mol. The van der Waals surface area contributed by atoms with Crippen molar-refractivity contribution in [2.24, 2.45) is 0 Å². The maximum atomic E-state index is 15.0. The highest BCUT2D eigenvalue weighted by molar-refractivity contribution is 7.90. The number of nitrogens with zero attached hydrogens (tertiary/aromatic N) is 2. The van der Waals surface area contributed by atoms with Crippen LogP contribution in [0.25, 0.3) is 49.3 Å². The number of carbonyl (C=O) groups is 1. The van der Waals surface area contributed by atoms with Gasteiger partial charge in [-0.2, -0.15) is 0 Å². The zero-order valence-corrected chi connectivity index (χ0v) is 25.6. The lowest BCUT2D eigenvalue weighted by Crippen LogP contribution is -2.14. The summed E-state index contributed by atoms with van der Waals surface area (Å²) in [4.78, 5) is 15.3. The van der Waals surface area contributed by atoms with Crippen molar-refractivity contribution in [3.8, 4) is 33.5 Å². The van der Waals surface area contributed by atoms with Crippen molar-refractivity contribution in [1.82, 2.24) is 3.97 Å². The first kappa shape index (κ1) is 29.8. The van der Waals surface area contributed by atoms with E-state index in [9.17, 15) is 22.7 Å². The molecule has 0 bridgehead atoms. The average molecular weight is 635 g/mol. The zero-order chi connectivity index (χ0) is 32.0. The van der Waals surface area contributed by atoms with E-state index in [0.29, 0.717) is 38.8 Å². The summed E-state index contributed by atoms with van der Waals surface area (Å²) in [6.45, 7) is 11.6. The summed E-state index contributed by atoms with van der Waals surface area (Å²) in [5, 5.41) is 9.94. The minimum absolute atomic E-state index is 0.0276. The van der Waals surface area contributed by atoms with Crippen LogP contribution in [0.2, 0.25) is 5.02 Å². The number of halogens is 2. The molecule has 0 spiro atoms. The number of aromatic nitrogens is 1. The van der Waals surface area contributed by atoms with E-state index in [4.69, 9.17) is 18.2 Å². The molecule has 1 heterocycles. The topological polar surface area (TPSA) is 80.7 Å². The number of carboxylic acids is 1. The van der Waals surface area contributed by atoms with E-state index in [1.54, 1.807) is 54.6 Å². The van der Waals surface area contributed by atoms with Gasteiger partial charge >= 0.3 is 5.97 Å². The fraction of sp³-hybridized carbons (Fsp3) is 0.0556. The third-order valence-electron chi connectivity index (χ3n) is 7.73. The van der Waals surface area contributed by atoms with E-state index >= 15 is 0 Å². The molecule has 0 aliphatic heterocycles. The molecular formula is C36H24ClFN2O4S. The van der Waals surface area contributed by atoms with Gasteiger partial charge in [0.05, 0.1) is 28.2 Å². The van der Waals surface area contributed by atoms with Gasteiger partial charge in [-0.3, -0.25) is 0 Å². The molecule has 0 radical (unpaired) electrons. The Balaban J connectivity index is 1.76. The van der Waals surface area contributed by atoms with Gasteiger partial charge in [-0.1, -0.05) is 77.3 Å². The molecule has 5 aromatic carbocycles. The van der Waals surface area contributed by atoms with Gasteiger partial charge in [0.1, 0.15) is 5.82 Å². The van der Waals surface area contributed by atoms with Crippen molar-refractivity contribution in [2.75, 3.05) is 0 Å². The molecule has 9 heteroatoms. The second-order valence-corrected chi connectivity index (χ2v) is 12.8. The zero-order valence-electron chi connectivity index (χ0n) is 24.0. The molecule has 0 aliphatic carbocycles. The van der Waals surface area contributed by atoms with Gasteiger partial charge < -0.3 is 5.11 Å². The molecule has 1 N–H and O–H groups in total. The Morgan fingerprint density at radius 1 is 0.867 bits per heavy atom. The first-order valence-electron chi connectivity index (χ1n) is 13.8. The lowest BCUT2D eigenvalue weighted by molar-refractivity contribution is 0.0697. The first-order chi connectivity index (χ1) is 21.5. The molecule has 0 saturated carbocycles. The minimum Gasteiger partial charge on any atom is -0.478 e. The number of rotatable bonds is 6. The molecule has 0 fully saturated rings. The molecule has 0 atom stereocenters. The van der Waals surface area contributed by atoms with Crippen molar-refractivity contribution in [2.45, 2.75) is 18.7 Å². The lowest BCUT2D eigenvalue weighted by Gasteiger charge is -2.16. The van der Waals surface area contributed by atoms with Gasteiger partial charge in [0.15, 0.2) is 5.69 Å². The molecular weight excluding hydrogens is 611 g/mol. The smallest absolute Gasteiger partial charge is 0.335 e. The van der Waals surface area contributed by atoms with Crippen LogP contribution in [0.3, 0.4) is 0 Å². The Morgan fingerprint density at radius 3 is 2.27 bits per heavy atom. The molecule has 0 unspecified atom stereocenters. The fourth-order valence-electron chi connectivity index (χ4n) is 5.60. The quantitative estimate of drug-likeness (QED) is 0.185. The van der Waals surface area contributed by atoms with Crippen LogP contribution in [-0.4, -0.2) is 23.5 Å². The van der Waals surface area contributed by atoms with Crippen LogP contribution < -0.4 is 0 Å². The van der Waals surface area contributed by atoms with E-state index in [0.717, 1.165) is 5.56 Å². The SMILES string of the molecule is [C-]#[N+]c1cccc(C)c1-c1c(-c2cccc(-c3ccc(C(=O)O)cc3Cl)c2)n(S(=O)(=O)c2ccc(C)cc2)c2ccc(F)cc12. The first-order valence-corrected chi connectivity index (χ1v) is 15.6. The summed E-state index contributed by atoms with van der Waals surface area (Å²) in [6.07, 6.45) is 0. The highest BCUT2D eigenvalue weighted by atomic mass is 35.5. The largest absolute Gasteiger partial charge is 0.478 e. The maximum absolute atomic E-state index is 15.0. The number of benzene rings is 5. The molecule has 6 aromatic rings. The normalized spacial score (nSPS) is 11.4. The molecule has 6 rings (SSSR count). The van der Waals surface area contributed by atoms with Crippen molar-refractivity contribution >= 4 is 44.2 Å². The van der Waals surface area contributed by atoms with Crippen LogP contribution in [0.1, 0.15) is 21.5 Å². The number of fused-ring (bicyclic) bond motifs is 1. The van der Waals surface area contributed by atoms with Crippen LogP contribution in [-0.2, 0) is 10.0 Å². The van der Waals surface area contributed by atoms with Crippen LogP contribution in [0.4, 0.5) is 10.1 Å².